The number of hydrogen-bond acceptors (Lipinski definition) is 3. The number of amides is 1. The maximum atomic E-state index is 11.8. The molecule has 1 aliphatic heterocycles. The van der Waals surface area contributed by atoms with E-state index >= 15 is 0 Å². The van der Waals surface area contributed by atoms with E-state index in [0.717, 1.165) is 25.8 Å². The summed E-state index contributed by atoms with van der Waals surface area (Å²) in [5.74, 6) is 0.00734. The average molecular weight is 264 g/mol. The summed E-state index contributed by atoms with van der Waals surface area (Å²) >= 11 is 6.07. The van der Waals surface area contributed by atoms with Crippen molar-refractivity contribution >= 4 is 23.2 Å². The lowest BCUT2D eigenvalue weighted by atomic mass is 10.1. The van der Waals surface area contributed by atoms with Gasteiger partial charge >= 0.3 is 0 Å². The van der Waals surface area contributed by atoms with Gasteiger partial charge in [0.2, 0.25) is 5.91 Å². The fourth-order valence-corrected chi connectivity index (χ4v) is 2.20. The number of nitrogens with zero attached hydrogens (tertiary/aromatic N) is 1. The van der Waals surface area contributed by atoms with Crippen molar-refractivity contribution in [2.75, 3.05) is 11.9 Å². The molecule has 1 aromatic carbocycles. The van der Waals surface area contributed by atoms with Crippen LogP contribution in [0, 0.1) is 11.3 Å². The van der Waals surface area contributed by atoms with Crippen molar-refractivity contribution in [2.45, 2.75) is 25.3 Å². The molecule has 1 aromatic rings. The van der Waals surface area contributed by atoms with E-state index in [-0.39, 0.29) is 11.9 Å². The molecule has 0 bridgehead atoms. The molecular weight excluding hydrogens is 250 g/mol. The molecular formula is C13H14ClN3O. The molecule has 0 saturated carbocycles. The first-order chi connectivity index (χ1) is 8.70. The zero-order valence-corrected chi connectivity index (χ0v) is 10.6. The second-order valence-corrected chi connectivity index (χ2v) is 4.70. The molecule has 18 heavy (non-hydrogen) atoms. The SMILES string of the molecule is N#Cc1ccc(NC2CCCCNC2=O)c(Cl)c1. The van der Waals surface area contributed by atoms with Crippen molar-refractivity contribution in [3.05, 3.63) is 28.8 Å². The number of rotatable bonds is 2. The predicted octanol–water partition coefficient (Wildman–Crippen LogP) is 2.29. The van der Waals surface area contributed by atoms with Crippen LogP contribution in [0.15, 0.2) is 18.2 Å². The van der Waals surface area contributed by atoms with Gasteiger partial charge in [-0.05, 0) is 37.5 Å². The normalized spacial score (nSPS) is 19.6. The molecule has 5 heteroatoms. The third-order valence-corrected chi connectivity index (χ3v) is 3.28. The smallest absolute Gasteiger partial charge is 0.242 e. The highest BCUT2D eigenvalue weighted by Crippen LogP contribution is 2.24. The number of benzene rings is 1. The van der Waals surface area contributed by atoms with Crippen molar-refractivity contribution in [2.24, 2.45) is 0 Å². The Balaban J connectivity index is 2.13. The van der Waals surface area contributed by atoms with Crippen LogP contribution in [0.2, 0.25) is 5.02 Å². The molecule has 1 saturated heterocycles. The quantitative estimate of drug-likeness (QED) is 0.860. The highest BCUT2D eigenvalue weighted by Gasteiger charge is 2.20. The summed E-state index contributed by atoms with van der Waals surface area (Å²) in [6, 6.07) is 6.79. The maximum absolute atomic E-state index is 11.8. The van der Waals surface area contributed by atoms with Gasteiger partial charge in [-0.2, -0.15) is 5.26 Å². The Morgan fingerprint density at radius 1 is 1.44 bits per heavy atom. The Kier molecular flexibility index (Phi) is 4.06. The van der Waals surface area contributed by atoms with Crippen molar-refractivity contribution in [1.29, 1.82) is 5.26 Å². The van der Waals surface area contributed by atoms with Crippen LogP contribution in [-0.2, 0) is 4.79 Å². The van der Waals surface area contributed by atoms with Gasteiger partial charge in [0.15, 0.2) is 0 Å². The van der Waals surface area contributed by atoms with Crippen molar-refractivity contribution in [3.8, 4) is 6.07 Å². The van der Waals surface area contributed by atoms with Gasteiger partial charge in [-0.15, -0.1) is 0 Å². The van der Waals surface area contributed by atoms with E-state index < -0.39 is 0 Å². The lowest BCUT2D eigenvalue weighted by Crippen LogP contribution is -2.37. The Bertz CT molecular complexity index is 495. The van der Waals surface area contributed by atoms with Crippen LogP contribution in [0.25, 0.3) is 0 Å². The van der Waals surface area contributed by atoms with Crippen LogP contribution >= 0.6 is 11.6 Å². The summed E-state index contributed by atoms with van der Waals surface area (Å²) in [6.45, 7) is 0.734. The van der Waals surface area contributed by atoms with Gasteiger partial charge in [0.25, 0.3) is 0 Å². The zero-order chi connectivity index (χ0) is 13.0. The minimum absolute atomic E-state index is 0.00734. The number of nitrogens with one attached hydrogen (secondary N) is 2. The molecule has 1 aliphatic rings. The summed E-state index contributed by atoms with van der Waals surface area (Å²) in [6.07, 6.45) is 2.80. The largest absolute Gasteiger partial charge is 0.372 e. The van der Waals surface area contributed by atoms with E-state index in [1.54, 1.807) is 18.2 Å². The molecule has 0 radical (unpaired) electrons. The Morgan fingerprint density at radius 3 is 3.00 bits per heavy atom. The molecule has 1 amide bonds. The van der Waals surface area contributed by atoms with E-state index in [9.17, 15) is 4.79 Å². The van der Waals surface area contributed by atoms with Crippen LogP contribution in [0.4, 0.5) is 5.69 Å². The van der Waals surface area contributed by atoms with E-state index in [1.165, 1.54) is 0 Å². The lowest BCUT2D eigenvalue weighted by Gasteiger charge is -2.17. The molecule has 0 aliphatic carbocycles. The second kappa shape index (κ2) is 5.74. The Labute approximate surface area is 111 Å². The van der Waals surface area contributed by atoms with Crippen LogP contribution < -0.4 is 10.6 Å². The fraction of sp³-hybridized carbons (Fsp3) is 0.385. The van der Waals surface area contributed by atoms with Gasteiger partial charge in [-0.3, -0.25) is 4.79 Å². The first kappa shape index (κ1) is 12.7. The molecule has 2 rings (SSSR count). The molecule has 1 unspecified atom stereocenters. The van der Waals surface area contributed by atoms with E-state index in [0.29, 0.717) is 16.3 Å². The van der Waals surface area contributed by atoms with Gasteiger partial charge in [0, 0.05) is 6.54 Å². The summed E-state index contributed by atoms with van der Waals surface area (Å²) in [5.41, 5.74) is 1.20. The molecule has 1 heterocycles. The summed E-state index contributed by atoms with van der Waals surface area (Å²) < 4.78 is 0. The van der Waals surface area contributed by atoms with Crippen molar-refractivity contribution < 1.29 is 4.79 Å². The maximum Gasteiger partial charge on any atom is 0.242 e. The zero-order valence-electron chi connectivity index (χ0n) is 9.87. The van der Waals surface area contributed by atoms with Crippen LogP contribution in [0.3, 0.4) is 0 Å². The molecule has 4 nitrogen and oxygen atoms in total. The first-order valence-corrected chi connectivity index (χ1v) is 6.32. The van der Waals surface area contributed by atoms with Crippen LogP contribution in [0.1, 0.15) is 24.8 Å². The molecule has 94 valence electrons. The minimum atomic E-state index is -0.252. The van der Waals surface area contributed by atoms with E-state index in [1.807, 2.05) is 6.07 Å². The molecule has 0 aromatic heterocycles. The van der Waals surface area contributed by atoms with Crippen LogP contribution in [-0.4, -0.2) is 18.5 Å². The molecule has 2 N–H and O–H groups in total. The highest BCUT2D eigenvalue weighted by atomic mass is 35.5. The second-order valence-electron chi connectivity index (χ2n) is 4.29. The number of carbonyl (C=O) groups is 1. The van der Waals surface area contributed by atoms with Gasteiger partial charge in [0.1, 0.15) is 6.04 Å². The van der Waals surface area contributed by atoms with Crippen molar-refractivity contribution in [3.63, 3.8) is 0 Å². The standard InChI is InChI=1S/C13H14ClN3O/c14-10-7-9(8-15)4-5-11(10)17-12-3-1-2-6-16-13(12)18/h4-5,7,12,17H,1-3,6H2,(H,16,18). The molecule has 1 atom stereocenters. The third kappa shape index (κ3) is 2.93. The van der Waals surface area contributed by atoms with Crippen LogP contribution in [0.5, 0.6) is 0 Å². The number of carbonyl (C=O) groups excluding carboxylic acids is 1. The molecule has 0 spiro atoms. The van der Waals surface area contributed by atoms with E-state index in [2.05, 4.69) is 10.6 Å². The number of halogens is 1. The first-order valence-electron chi connectivity index (χ1n) is 5.94. The summed E-state index contributed by atoms with van der Waals surface area (Å²) in [7, 11) is 0. The van der Waals surface area contributed by atoms with Gasteiger partial charge in [-0.25, -0.2) is 0 Å². The minimum Gasteiger partial charge on any atom is -0.372 e. The third-order valence-electron chi connectivity index (χ3n) is 2.96. The average Bonchev–Trinajstić information content (AvgIpc) is 2.57. The van der Waals surface area contributed by atoms with Crippen molar-refractivity contribution in [1.82, 2.24) is 5.32 Å². The highest BCUT2D eigenvalue weighted by molar-refractivity contribution is 6.33. The number of nitriles is 1. The number of anilines is 1. The van der Waals surface area contributed by atoms with Gasteiger partial charge in [0.05, 0.1) is 22.3 Å². The van der Waals surface area contributed by atoms with E-state index in [4.69, 9.17) is 16.9 Å². The summed E-state index contributed by atoms with van der Waals surface area (Å²) in [5, 5.41) is 15.2. The Morgan fingerprint density at radius 2 is 2.28 bits per heavy atom. The monoisotopic (exact) mass is 263 g/mol. The fourth-order valence-electron chi connectivity index (χ4n) is 1.97. The molecule has 1 fully saturated rings. The summed E-state index contributed by atoms with van der Waals surface area (Å²) in [4.78, 5) is 11.8. The van der Waals surface area contributed by atoms with Gasteiger partial charge < -0.3 is 10.6 Å². The number of hydrogen-bond donors (Lipinski definition) is 2. The topological polar surface area (TPSA) is 64.9 Å². The lowest BCUT2D eigenvalue weighted by molar-refractivity contribution is -0.121. The predicted molar refractivity (Wildman–Crippen MR) is 70.4 cm³/mol. The van der Waals surface area contributed by atoms with Gasteiger partial charge in [-0.1, -0.05) is 11.6 Å². The Hall–Kier alpha value is -1.73.